The second-order valence-electron chi connectivity index (χ2n) is 8.51. The van der Waals surface area contributed by atoms with Gasteiger partial charge in [-0.05, 0) is 38.0 Å². The molecule has 11 heteroatoms. The van der Waals surface area contributed by atoms with Crippen molar-refractivity contribution in [2.24, 2.45) is 0 Å². The minimum absolute atomic E-state index is 0.0434. The number of imidazole rings is 1. The number of nitrogens with zero attached hydrogens (tertiary/aromatic N) is 4. The van der Waals surface area contributed by atoms with Gasteiger partial charge in [-0.1, -0.05) is 40.0 Å². The minimum Gasteiger partial charge on any atom is -0.489 e. The molecule has 4 aromatic rings. The number of halogens is 4. The maximum atomic E-state index is 14.4. The Morgan fingerprint density at radius 1 is 1.15 bits per heavy atom. The van der Waals surface area contributed by atoms with Crippen LogP contribution in [0.15, 0.2) is 35.1 Å². The normalized spacial score (nSPS) is 20.8. The van der Waals surface area contributed by atoms with Crippen LogP contribution in [0.4, 0.5) is 4.39 Å². The lowest BCUT2D eigenvalue weighted by atomic mass is 9.85. The number of Topliss-reactive ketones (excluding diaryl/α,β-unsaturated/α-hetero) is 1. The molecule has 3 aromatic heterocycles. The molecular formula is C23H18Cl3FN4O3. The third-order valence-electron chi connectivity index (χ3n) is 5.73. The van der Waals surface area contributed by atoms with Gasteiger partial charge in [0, 0.05) is 36.9 Å². The summed E-state index contributed by atoms with van der Waals surface area (Å²) in [5.74, 6) is 0.281. The number of rotatable bonds is 4. The van der Waals surface area contributed by atoms with Crippen LogP contribution < -0.4 is 4.74 Å². The Bertz CT molecular complexity index is 1430. The van der Waals surface area contributed by atoms with Crippen molar-refractivity contribution < 1.29 is 18.4 Å². The number of carbonyl (C=O) groups is 1. The van der Waals surface area contributed by atoms with Gasteiger partial charge in [0.2, 0.25) is 5.82 Å². The van der Waals surface area contributed by atoms with Crippen LogP contribution in [0.5, 0.6) is 5.75 Å². The number of carbonyl (C=O) groups excluding carboxylic acids is 1. The van der Waals surface area contributed by atoms with E-state index in [-0.39, 0.29) is 34.6 Å². The summed E-state index contributed by atoms with van der Waals surface area (Å²) in [6, 6.07) is 4.90. The van der Waals surface area contributed by atoms with Gasteiger partial charge in [0.25, 0.3) is 5.89 Å². The van der Waals surface area contributed by atoms with Crippen LogP contribution >= 0.6 is 34.8 Å². The fourth-order valence-electron chi connectivity index (χ4n) is 4.00. The monoisotopic (exact) mass is 522 g/mol. The minimum atomic E-state index is -1.92. The summed E-state index contributed by atoms with van der Waals surface area (Å²) >= 11 is 19.2. The van der Waals surface area contributed by atoms with Crippen LogP contribution in [-0.2, 0) is 4.79 Å². The summed E-state index contributed by atoms with van der Waals surface area (Å²) in [5.41, 5.74) is 0.516. The van der Waals surface area contributed by atoms with Crippen LogP contribution in [0.2, 0.25) is 15.1 Å². The van der Waals surface area contributed by atoms with E-state index >= 15 is 0 Å². The van der Waals surface area contributed by atoms with Gasteiger partial charge in [0.15, 0.2) is 17.1 Å². The molecule has 2 atom stereocenters. The SMILES string of the molecule is Cc1cc(Cl)c2nc(-c3nc(-c4cc(Cl)c(O[C@H]5CCC(=O)C(C)(F)C5)cc4Cl)no3)cn2c1. The van der Waals surface area contributed by atoms with E-state index in [0.29, 0.717) is 34.1 Å². The first-order chi connectivity index (χ1) is 16.1. The zero-order chi connectivity index (χ0) is 24.2. The fourth-order valence-corrected chi connectivity index (χ4v) is 4.75. The lowest BCUT2D eigenvalue weighted by Gasteiger charge is -2.31. The molecule has 5 rings (SSSR count). The van der Waals surface area contributed by atoms with Gasteiger partial charge in [-0.25, -0.2) is 9.37 Å². The first-order valence-corrected chi connectivity index (χ1v) is 11.6. The summed E-state index contributed by atoms with van der Waals surface area (Å²) in [6.07, 6.45) is 3.61. The Hall–Kier alpha value is -2.68. The van der Waals surface area contributed by atoms with Crippen LogP contribution in [0.3, 0.4) is 0 Å². The molecule has 0 N–H and O–H groups in total. The van der Waals surface area contributed by atoms with E-state index in [0.717, 1.165) is 5.56 Å². The Labute approximate surface area is 208 Å². The number of aromatic nitrogens is 4. The van der Waals surface area contributed by atoms with Crippen molar-refractivity contribution in [3.8, 4) is 28.7 Å². The Balaban J connectivity index is 1.41. The molecule has 0 bridgehead atoms. The number of benzene rings is 1. The molecule has 1 aromatic carbocycles. The van der Waals surface area contributed by atoms with E-state index in [1.807, 2.05) is 19.2 Å². The quantitative estimate of drug-likeness (QED) is 0.302. The van der Waals surface area contributed by atoms with Crippen molar-refractivity contribution in [3.05, 3.63) is 51.2 Å². The molecule has 34 heavy (non-hydrogen) atoms. The van der Waals surface area contributed by atoms with E-state index in [9.17, 15) is 9.18 Å². The van der Waals surface area contributed by atoms with Gasteiger partial charge in [0.1, 0.15) is 17.5 Å². The Morgan fingerprint density at radius 2 is 1.94 bits per heavy atom. The lowest BCUT2D eigenvalue weighted by molar-refractivity contribution is -0.135. The number of pyridine rings is 1. The zero-order valence-electron chi connectivity index (χ0n) is 18.1. The maximum absolute atomic E-state index is 14.4. The predicted octanol–water partition coefficient (Wildman–Crippen LogP) is 6.55. The molecule has 0 radical (unpaired) electrons. The highest BCUT2D eigenvalue weighted by Gasteiger charge is 2.40. The highest BCUT2D eigenvalue weighted by molar-refractivity contribution is 6.36. The van der Waals surface area contributed by atoms with E-state index in [4.69, 9.17) is 44.1 Å². The van der Waals surface area contributed by atoms with Gasteiger partial charge in [-0.2, -0.15) is 4.98 Å². The van der Waals surface area contributed by atoms with E-state index in [1.165, 1.54) is 13.0 Å². The first-order valence-electron chi connectivity index (χ1n) is 10.5. The van der Waals surface area contributed by atoms with Crippen LogP contribution in [0.1, 0.15) is 31.7 Å². The van der Waals surface area contributed by atoms with Gasteiger partial charge >= 0.3 is 0 Å². The van der Waals surface area contributed by atoms with Gasteiger partial charge < -0.3 is 13.7 Å². The second kappa shape index (κ2) is 8.52. The van der Waals surface area contributed by atoms with Crippen LogP contribution in [-0.4, -0.2) is 37.1 Å². The summed E-state index contributed by atoms with van der Waals surface area (Å²) < 4.78 is 27.5. The third kappa shape index (κ3) is 4.26. The fraction of sp³-hybridized carbons (Fsp3) is 0.304. The molecule has 1 aliphatic carbocycles. The molecule has 1 fully saturated rings. The number of hydrogen-bond donors (Lipinski definition) is 0. The Morgan fingerprint density at radius 3 is 2.71 bits per heavy atom. The zero-order valence-corrected chi connectivity index (χ0v) is 20.4. The summed E-state index contributed by atoms with van der Waals surface area (Å²) in [7, 11) is 0. The van der Waals surface area contributed by atoms with E-state index in [1.54, 1.807) is 16.7 Å². The highest BCUT2D eigenvalue weighted by Crippen LogP contribution is 2.39. The molecule has 0 saturated heterocycles. The maximum Gasteiger partial charge on any atom is 0.278 e. The molecule has 1 unspecified atom stereocenters. The average molecular weight is 524 g/mol. The predicted molar refractivity (Wildman–Crippen MR) is 126 cm³/mol. The van der Waals surface area contributed by atoms with Crippen molar-refractivity contribution in [1.82, 2.24) is 19.5 Å². The molecule has 176 valence electrons. The smallest absolute Gasteiger partial charge is 0.278 e. The standard InChI is InChI=1S/C23H18Cl3FN4O3/c1-11-5-16(26)21-28-17(10-31(21)9-11)22-29-20(30-34-22)13-6-15(25)18(7-14(13)24)33-12-3-4-19(32)23(2,27)8-12/h5-7,9-10,12H,3-4,8H2,1-2H3/t12-,23?/m0/s1. The van der Waals surface area contributed by atoms with Gasteiger partial charge in [-0.3, -0.25) is 4.79 Å². The molecule has 7 nitrogen and oxygen atoms in total. The van der Waals surface area contributed by atoms with Crippen molar-refractivity contribution in [1.29, 1.82) is 0 Å². The number of hydrogen-bond acceptors (Lipinski definition) is 6. The van der Waals surface area contributed by atoms with Crippen molar-refractivity contribution in [2.45, 2.75) is 44.9 Å². The molecule has 0 spiro atoms. The second-order valence-corrected chi connectivity index (χ2v) is 9.73. The molecule has 0 amide bonds. The molecule has 1 saturated carbocycles. The highest BCUT2D eigenvalue weighted by atomic mass is 35.5. The topological polar surface area (TPSA) is 82.5 Å². The van der Waals surface area contributed by atoms with Crippen molar-refractivity contribution in [3.63, 3.8) is 0 Å². The largest absolute Gasteiger partial charge is 0.489 e. The molecular weight excluding hydrogens is 506 g/mol. The van der Waals surface area contributed by atoms with Gasteiger partial charge in [-0.15, -0.1) is 0 Å². The van der Waals surface area contributed by atoms with Crippen LogP contribution in [0.25, 0.3) is 28.6 Å². The summed E-state index contributed by atoms with van der Waals surface area (Å²) in [6.45, 7) is 3.20. The Kier molecular flexibility index (Phi) is 5.78. The van der Waals surface area contributed by atoms with Crippen molar-refractivity contribution in [2.75, 3.05) is 0 Å². The van der Waals surface area contributed by atoms with E-state index < -0.39 is 17.6 Å². The summed E-state index contributed by atoms with van der Waals surface area (Å²) in [5, 5.41) is 5.04. The van der Waals surface area contributed by atoms with E-state index in [2.05, 4.69) is 15.1 Å². The number of ketones is 1. The van der Waals surface area contributed by atoms with Crippen LogP contribution in [0, 0.1) is 6.92 Å². The number of aryl methyl sites for hydroxylation is 1. The lowest BCUT2D eigenvalue weighted by Crippen LogP contribution is -2.41. The molecule has 1 aliphatic rings. The number of alkyl halides is 1. The molecule has 3 heterocycles. The third-order valence-corrected chi connectivity index (χ3v) is 6.62. The summed E-state index contributed by atoms with van der Waals surface area (Å²) in [4.78, 5) is 20.6. The average Bonchev–Trinajstić information content (AvgIpc) is 3.40. The number of fused-ring (bicyclic) bond motifs is 1. The number of ether oxygens (including phenoxy) is 1. The van der Waals surface area contributed by atoms with Crippen molar-refractivity contribution >= 4 is 46.2 Å². The molecule has 0 aliphatic heterocycles. The first kappa shape index (κ1) is 23.1. The van der Waals surface area contributed by atoms with Gasteiger partial charge in [0.05, 0.1) is 15.1 Å².